The van der Waals surface area contributed by atoms with E-state index in [4.69, 9.17) is 0 Å². The fourth-order valence-electron chi connectivity index (χ4n) is 1.23. The number of hydrogen-bond acceptors (Lipinski definition) is 3. The van der Waals surface area contributed by atoms with Gasteiger partial charge in [0, 0.05) is 11.8 Å². The Hall–Kier alpha value is -1.48. The molecule has 2 rings (SSSR count). The Morgan fingerprint density at radius 3 is 3.08 bits per heavy atom. The van der Waals surface area contributed by atoms with Gasteiger partial charge < -0.3 is 15.8 Å². The van der Waals surface area contributed by atoms with Crippen LogP contribution in [0, 0.1) is 12.1 Å². The predicted octanol–water partition coefficient (Wildman–Crippen LogP) is 2.11. The topological polar surface area (TPSA) is 38.3 Å². The highest BCUT2D eigenvalue weighted by molar-refractivity contribution is 5.69. The van der Waals surface area contributed by atoms with Gasteiger partial charge in [-0.25, -0.2) is 0 Å². The highest BCUT2D eigenvalue weighted by Gasteiger charge is 2.02. The van der Waals surface area contributed by atoms with E-state index < -0.39 is 0 Å². The van der Waals surface area contributed by atoms with Crippen LogP contribution < -0.4 is 5.43 Å². The second-order valence-electron chi connectivity index (χ2n) is 2.84. The SMILES string of the molecule is Cc1ccc2c(c1)C=CN([O-])N2. The number of hydroxylamine groups is 1. The Kier molecular flexibility index (Phi) is 1.52. The van der Waals surface area contributed by atoms with E-state index in [0.717, 1.165) is 11.3 Å². The van der Waals surface area contributed by atoms with Crippen LogP contribution in [0.15, 0.2) is 24.4 Å². The first kappa shape index (κ1) is 7.18. The molecule has 1 aliphatic rings. The lowest BCUT2D eigenvalue weighted by Crippen LogP contribution is -2.19. The molecule has 1 aromatic carbocycles. The third kappa shape index (κ3) is 1.14. The lowest BCUT2D eigenvalue weighted by atomic mass is 10.1. The summed E-state index contributed by atoms with van der Waals surface area (Å²) in [5.74, 6) is 0. The summed E-state index contributed by atoms with van der Waals surface area (Å²) in [6.07, 6.45) is 3.26. The fraction of sp³-hybridized carbons (Fsp3) is 0.111. The van der Waals surface area contributed by atoms with E-state index in [2.05, 4.69) is 5.43 Å². The van der Waals surface area contributed by atoms with Crippen molar-refractivity contribution in [2.24, 2.45) is 0 Å². The standard InChI is InChI=1S/C9H9N2O/c1-7-2-3-9-8(6-7)4-5-11(12)10-9/h2-6,10H,1H3/q-1. The van der Waals surface area contributed by atoms with Gasteiger partial charge in [0.2, 0.25) is 0 Å². The van der Waals surface area contributed by atoms with E-state index in [1.54, 1.807) is 6.08 Å². The zero-order valence-electron chi connectivity index (χ0n) is 6.74. The van der Waals surface area contributed by atoms with Crippen LogP contribution in [-0.2, 0) is 0 Å². The molecule has 0 amide bonds. The van der Waals surface area contributed by atoms with E-state index >= 15 is 0 Å². The number of hydrogen-bond donors (Lipinski definition) is 1. The number of nitrogens with zero attached hydrogens (tertiary/aromatic N) is 1. The molecule has 3 nitrogen and oxygen atoms in total. The molecule has 3 heteroatoms. The third-order valence-corrected chi connectivity index (χ3v) is 1.83. The van der Waals surface area contributed by atoms with Crippen molar-refractivity contribution in [1.29, 1.82) is 0 Å². The molecule has 0 spiro atoms. The number of fused-ring (bicyclic) bond motifs is 1. The highest BCUT2D eigenvalue weighted by atomic mass is 16.5. The van der Waals surface area contributed by atoms with Crippen LogP contribution in [-0.4, -0.2) is 5.17 Å². The molecule has 1 N–H and O–H groups in total. The molecule has 0 unspecified atom stereocenters. The molecule has 0 saturated heterocycles. The average molecular weight is 161 g/mol. The van der Waals surface area contributed by atoms with Crippen LogP contribution in [0.3, 0.4) is 0 Å². The number of nitrogens with one attached hydrogen (secondary N) is 1. The molecule has 62 valence electrons. The summed E-state index contributed by atoms with van der Waals surface area (Å²) in [6.45, 7) is 2.03. The van der Waals surface area contributed by atoms with Crippen LogP contribution in [0.2, 0.25) is 0 Å². The van der Waals surface area contributed by atoms with Gasteiger partial charge in [0.05, 0.1) is 5.69 Å². The van der Waals surface area contributed by atoms with Gasteiger partial charge in [-0.2, -0.15) is 0 Å². The molecule has 0 bridgehead atoms. The van der Waals surface area contributed by atoms with Gasteiger partial charge in [-0.3, -0.25) is 0 Å². The molecule has 0 aromatic heterocycles. The molecule has 1 aromatic rings. The summed E-state index contributed by atoms with van der Waals surface area (Å²) < 4.78 is 0. The van der Waals surface area contributed by atoms with Crippen molar-refractivity contribution in [2.75, 3.05) is 5.43 Å². The molecule has 1 aliphatic heterocycles. The minimum absolute atomic E-state index is 0.692. The molecular formula is C9H9N2O-. The van der Waals surface area contributed by atoms with Gasteiger partial charge >= 0.3 is 0 Å². The van der Waals surface area contributed by atoms with Crippen molar-refractivity contribution < 1.29 is 0 Å². The Morgan fingerprint density at radius 1 is 1.42 bits per heavy atom. The van der Waals surface area contributed by atoms with Gasteiger partial charge in [-0.15, -0.1) is 0 Å². The van der Waals surface area contributed by atoms with Crippen molar-refractivity contribution in [3.8, 4) is 0 Å². The summed E-state index contributed by atoms with van der Waals surface area (Å²) in [5.41, 5.74) is 5.79. The van der Waals surface area contributed by atoms with E-state index in [0.29, 0.717) is 5.17 Å². The summed E-state index contributed by atoms with van der Waals surface area (Å²) in [7, 11) is 0. The number of aryl methyl sites for hydroxylation is 1. The van der Waals surface area contributed by atoms with Crippen molar-refractivity contribution in [3.05, 3.63) is 40.7 Å². The maximum atomic E-state index is 10.8. The molecule has 0 saturated carbocycles. The minimum Gasteiger partial charge on any atom is -0.739 e. The molecular weight excluding hydrogens is 152 g/mol. The van der Waals surface area contributed by atoms with E-state index in [-0.39, 0.29) is 0 Å². The normalized spacial score (nSPS) is 14.0. The first-order chi connectivity index (χ1) is 5.75. The van der Waals surface area contributed by atoms with E-state index in [1.165, 1.54) is 11.8 Å². The van der Waals surface area contributed by atoms with Crippen molar-refractivity contribution >= 4 is 11.8 Å². The summed E-state index contributed by atoms with van der Waals surface area (Å²) in [6, 6.07) is 5.91. The Balaban J connectivity index is 2.47. The lowest BCUT2D eigenvalue weighted by molar-refractivity contribution is 0.614. The summed E-state index contributed by atoms with van der Waals surface area (Å²) in [4.78, 5) is 0. The van der Waals surface area contributed by atoms with E-state index in [1.807, 2.05) is 25.1 Å². The van der Waals surface area contributed by atoms with Crippen LogP contribution in [0.4, 0.5) is 5.69 Å². The maximum Gasteiger partial charge on any atom is 0.0606 e. The number of rotatable bonds is 0. The highest BCUT2D eigenvalue weighted by Crippen LogP contribution is 2.22. The fourth-order valence-corrected chi connectivity index (χ4v) is 1.23. The number of anilines is 1. The van der Waals surface area contributed by atoms with Crippen molar-refractivity contribution in [1.82, 2.24) is 5.17 Å². The largest absolute Gasteiger partial charge is 0.739 e. The zero-order valence-corrected chi connectivity index (χ0v) is 6.74. The monoisotopic (exact) mass is 161 g/mol. The van der Waals surface area contributed by atoms with E-state index in [9.17, 15) is 5.21 Å². The zero-order chi connectivity index (χ0) is 8.55. The van der Waals surface area contributed by atoms with Crippen LogP contribution >= 0.6 is 0 Å². The van der Waals surface area contributed by atoms with Crippen LogP contribution in [0.5, 0.6) is 0 Å². The molecule has 0 atom stereocenters. The second kappa shape index (κ2) is 2.53. The van der Waals surface area contributed by atoms with Crippen LogP contribution in [0.1, 0.15) is 11.1 Å². The second-order valence-corrected chi connectivity index (χ2v) is 2.84. The minimum atomic E-state index is 0.692. The van der Waals surface area contributed by atoms with Crippen molar-refractivity contribution in [2.45, 2.75) is 6.92 Å². The van der Waals surface area contributed by atoms with Gasteiger partial charge in [0.1, 0.15) is 0 Å². The number of benzene rings is 1. The average Bonchev–Trinajstić information content (AvgIpc) is 2.05. The maximum absolute atomic E-state index is 10.8. The molecule has 1 heterocycles. The quantitative estimate of drug-likeness (QED) is 0.633. The number of hydrazine groups is 1. The Morgan fingerprint density at radius 2 is 2.25 bits per heavy atom. The van der Waals surface area contributed by atoms with Gasteiger partial charge in [0.25, 0.3) is 0 Å². The molecule has 0 radical (unpaired) electrons. The summed E-state index contributed by atoms with van der Waals surface area (Å²) >= 11 is 0. The Bertz CT molecular complexity index is 333. The Labute approximate surface area is 70.9 Å². The van der Waals surface area contributed by atoms with Gasteiger partial charge in [-0.05, 0) is 25.1 Å². The van der Waals surface area contributed by atoms with Crippen LogP contribution in [0.25, 0.3) is 6.08 Å². The van der Waals surface area contributed by atoms with Gasteiger partial charge in [0.15, 0.2) is 0 Å². The smallest absolute Gasteiger partial charge is 0.0606 e. The lowest BCUT2D eigenvalue weighted by Gasteiger charge is -2.31. The third-order valence-electron chi connectivity index (χ3n) is 1.83. The molecule has 12 heavy (non-hydrogen) atoms. The molecule has 0 fully saturated rings. The first-order valence-electron chi connectivity index (χ1n) is 3.77. The van der Waals surface area contributed by atoms with Crippen molar-refractivity contribution in [3.63, 3.8) is 0 Å². The predicted molar refractivity (Wildman–Crippen MR) is 49.0 cm³/mol. The molecule has 0 aliphatic carbocycles. The summed E-state index contributed by atoms with van der Waals surface area (Å²) in [5, 5.41) is 11.5. The first-order valence-corrected chi connectivity index (χ1v) is 3.77. The van der Waals surface area contributed by atoms with Gasteiger partial charge in [-0.1, -0.05) is 11.6 Å².